The number of likely N-dealkylation sites (tertiary alicyclic amines) is 1. The monoisotopic (exact) mass is 468 g/mol. The third-order valence-corrected chi connectivity index (χ3v) is 4.28. The fourth-order valence-electron chi connectivity index (χ4n) is 2.91. The Morgan fingerprint density at radius 3 is 2.76 bits per heavy atom. The molecule has 0 radical (unpaired) electrons. The van der Waals surface area contributed by atoms with E-state index in [1.807, 2.05) is 11.8 Å². The normalized spacial score (nSPS) is 20.9. The lowest BCUT2D eigenvalue weighted by Crippen LogP contribution is -2.41. The summed E-state index contributed by atoms with van der Waals surface area (Å²) in [6.45, 7) is 7.78. The van der Waals surface area contributed by atoms with Crippen LogP contribution < -0.4 is 10.6 Å². The van der Waals surface area contributed by atoms with Gasteiger partial charge in [-0.25, -0.2) is 4.99 Å². The fraction of sp³-hybridized carbons (Fsp3) is 0.882. The summed E-state index contributed by atoms with van der Waals surface area (Å²) in [4.78, 5) is 18.5. The molecule has 2 saturated heterocycles. The van der Waals surface area contributed by atoms with Crippen molar-refractivity contribution in [1.29, 1.82) is 0 Å². The highest BCUT2D eigenvalue weighted by Crippen LogP contribution is 2.09. The molecule has 8 heteroatoms. The third kappa shape index (κ3) is 9.05. The standard InChI is InChI=1S/C17H32N4O3.HI/c1-2-18-17(19-8-6-11-24-15-7-12-23-14-15)20-13-16(22)21-9-4-3-5-10-21;/h15H,2-14H2,1H3,(H2,18,19,20);1H. The number of hydrogen-bond donors (Lipinski definition) is 2. The number of hydrogen-bond acceptors (Lipinski definition) is 4. The number of aliphatic imine (C=N–C) groups is 1. The summed E-state index contributed by atoms with van der Waals surface area (Å²) in [5, 5.41) is 6.44. The molecule has 2 N–H and O–H groups in total. The Balaban J connectivity index is 0.00000312. The first-order valence-electron chi connectivity index (χ1n) is 9.29. The molecule has 2 aliphatic heterocycles. The number of amides is 1. The van der Waals surface area contributed by atoms with Crippen LogP contribution in [0.3, 0.4) is 0 Å². The Kier molecular flexibility index (Phi) is 12.2. The molecule has 0 bridgehead atoms. The number of carbonyl (C=O) groups is 1. The van der Waals surface area contributed by atoms with Gasteiger partial charge in [0.1, 0.15) is 6.54 Å². The number of carbonyl (C=O) groups excluding carboxylic acids is 1. The Morgan fingerprint density at radius 2 is 2.08 bits per heavy atom. The van der Waals surface area contributed by atoms with Gasteiger partial charge in [-0.3, -0.25) is 4.79 Å². The van der Waals surface area contributed by atoms with E-state index in [0.717, 1.165) is 65.1 Å². The summed E-state index contributed by atoms with van der Waals surface area (Å²) in [5.41, 5.74) is 0. The van der Waals surface area contributed by atoms with E-state index in [0.29, 0.717) is 12.6 Å². The van der Waals surface area contributed by atoms with Gasteiger partial charge in [0.15, 0.2) is 5.96 Å². The maximum absolute atomic E-state index is 12.2. The van der Waals surface area contributed by atoms with E-state index in [9.17, 15) is 4.79 Å². The maximum atomic E-state index is 12.2. The average Bonchev–Trinajstić information content (AvgIpc) is 3.13. The summed E-state index contributed by atoms with van der Waals surface area (Å²) in [7, 11) is 0. The van der Waals surface area contributed by atoms with E-state index in [-0.39, 0.29) is 42.5 Å². The quantitative estimate of drug-likeness (QED) is 0.244. The van der Waals surface area contributed by atoms with Gasteiger partial charge in [-0.05, 0) is 39.0 Å². The molecule has 0 saturated carbocycles. The minimum Gasteiger partial charge on any atom is -0.379 e. The molecule has 0 aromatic rings. The molecule has 7 nitrogen and oxygen atoms in total. The van der Waals surface area contributed by atoms with Crippen molar-refractivity contribution in [3.63, 3.8) is 0 Å². The second kappa shape index (κ2) is 13.6. The molecule has 0 aromatic heterocycles. The third-order valence-electron chi connectivity index (χ3n) is 4.28. The van der Waals surface area contributed by atoms with Crippen LogP contribution in [0.4, 0.5) is 0 Å². The van der Waals surface area contributed by atoms with Crippen molar-refractivity contribution >= 4 is 35.8 Å². The van der Waals surface area contributed by atoms with Gasteiger partial charge in [0.2, 0.25) is 5.91 Å². The summed E-state index contributed by atoms with van der Waals surface area (Å²) >= 11 is 0. The van der Waals surface area contributed by atoms with Crippen LogP contribution in [0.25, 0.3) is 0 Å². The lowest BCUT2D eigenvalue weighted by Gasteiger charge is -2.26. The second-order valence-electron chi connectivity index (χ2n) is 6.27. The molecule has 2 rings (SSSR count). The highest BCUT2D eigenvalue weighted by molar-refractivity contribution is 14.0. The highest BCUT2D eigenvalue weighted by atomic mass is 127. The van der Waals surface area contributed by atoms with E-state index in [1.165, 1.54) is 6.42 Å². The van der Waals surface area contributed by atoms with E-state index in [4.69, 9.17) is 9.47 Å². The molecular weight excluding hydrogens is 435 g/mol. The van der Waals surface area contributed by atoms with Crippen molar-refractivity contribution in [3.8, 4) is 0 Å². The molecule has 0 aliphatic carbocycles. The van der Waals surface area contributed by atoms with E-state index in [2.05, 4.69) is 15.6 Å². The van der Waals surface area contributed by atoms with Crippen molar-refractivity contribution < 1.29 is 14.3 Å². The molecule has 2 fully saturated rings. The minimum absolute atomic E-state index is 0. The molecule has 1 amide bonds. The smallest absolute Gasteiger partial charge is 0.244 e. The van der Waals surface area contributed by atoms with Crippen LogP contribution in [0.5, 0.6) is 0 Å². The number of guanidine groups is 1. The Labute approximate surface area is 168 Å². The summed E-state index contributed by atoms with van der Waals surface area (Å²) in [6, 6.07) is 0. The highest BCUT2D eigenvalue weighted by Gasteiger charge is 2.16. The molecule has 25 heavy (non-hydrogen) atoms. The van der Waals surface area contributed by atoms with Crippen LogP contribution in [0.15, 0.2) is 4.99 Å². The van der Waals surface area contributed by atoms with Crippen LogP contribution in [0, 0.1) is 0 Å². The zero-order chi connectivity index (χ0) is 17.0. The van der Waals surface area contributed by atoms with Crippen LogP contribution >= 0.6 is 24.0 Å². The topological polar surface area (TPSA) is 75.2 Å². The largest absolute Gasteiger partial charge is 0.379 e. The maximum Gasteiger partial charge on any atom is 0.244 e. The first-order valence-corrected chi connectivity index (χ1v) is 9.29. The van der Waals surface area contributed by atoms with E-state index >= 15 is 0 Å². The number of nitrogens with one attached hydrogen (secondary N) is 2. The Morgan fingerprint density at radius 1 is 1.28 bits per heavy atom. The molecule has 1 unspecified atom stereocenters. The molecule has 0 spiro atoms. The lowest BCUT2D eigenvalue weighted by atomic mass is 10.1. The van der Waals surface area contributed by atoms with Crippen LogP contribution in [-0.2, 0) is 14.3 Å². The van der Waals surface area contributed by atoms with Gasteiger partial charge in [0.25, 0.3) is 0 Å². The predicted molar refractivity (Wildman–Crippen MR) is 110 cm³/mol. The van der Waals surface area contributed by atoms with Gasteiger partial charge < -0.3 is 25.0 Å². The number of nitrogens with zero attached hydrogens (tertiary/aromatic N) is 2. The van der Waals surface area contributed by atoms with Gasteiger partial charge in [0, 0.05) is 39.4 Å². The van der Waals surface area contributed by atoms with E-state index in [1.54, 1.807) is 0 Å². The molecule has 2 aliphatic rings. The Hall–Kier alpha value is -0.610. The molecule has 146 valence electrons. The van der Waals surface area contributed by atoms with Crippen molar-refractivity contribution in [2.75, 3.05) is 52.5 Å². The summed E-state index contributed by atoms with van der Waals surface area (Å²) in [5.74, 6) is 0.823. The SMILES string of the molecule is CCNC(=NCC(=O)N1CCCCC1)NCCCOC1CCOC1.I. The van der Waals surface area contributed by atoms with Crippen LogP contribution in [0.1, 0.15) is 39.0 Å². The van der Waals surface area contributed by atoms with Gasteiger partial charge in [-0.1, -0.05) is 0 Å². The first kappa shape index (κ1) is 22.4. The van der Waals surface area contributed by atoms with E-state index < -0.39 is 0 Å². The molecule has 2 heterocycles. The van der Waals surface area contributed by atoms with Crippen molar-refractivity contribution in [1.82, 2.24) is 15.5 Å². The first-order chi connectivity index (χ1) is 11.8. The lowest BCUT2D eigenvalue weighted by molar-refractivity contribution is -0.130. The van der Waals surface area contributed by atoms with Crippen LogP contribution in [-0.4, -0.2) is 75.4 Å². The average molecular weight is 468 g/mol. The summed E-state index contributed by atoms with van der Waals surface area (Å²) in [6.07, 6.45) is 5.61. The van der Waals surface area contributed by atoms with Crippen molar-refractivity contribution in [3.05, 3.63) is 0 Å². The predicted octanol–water partition coefficient (Wildman–Crippen LogP) is 1.37. The van der Waals surface area contributed by atoms with Gasteiger partial charge in [0.05, 0.1) is 12.7 Å². The molecule has 0 aromatic carbocycles. The number of rotatable bonds is 8. The zero-order valence-electron chi connectivity index (χ0n) is 15.3. The fourth-order valence-corrected chi connectivity index (χ4v) is 2.91. The molecule has 1 atom stereocenters. The van der Waals surface area contributed by atoms with Crippen LogP contribution in [0.2, 0.25) is 0 Å². The van der Waals surface area contributed by atoms with Gasteiger partial charge >= 0.3 is 0 Å². The number of ether oxygens (including phenoxy) is 2. The van der Waals surface area contributed by atoms with Crippen molar-refractivity contribution in [2.24, 2.45) is 4.99 Å². The van der Waals surface area contributed by atoms with Crippen molar-refractivity contribution in [2.45, 2.75) is 45.1 Å². The minimum atomic E-state index is 0. The number of halogens is 1. The summed E-state index contributed by atoms with van der Waals surface area (Å²) < 4.78 is 11.0. The van der Waals surface area contributed by atoms with Gasteiger partial charge in [-0.15, -0.1) is 24.0 Å². The zero-order valence-corrected chi connectivity index (χ0v) is 17.6. The number of piperidine rings is 1. The molecular formula is C17H33IN4O3. The second-order valence-corrected chi connectivity index (χ2v) is 6.27. The van der Waals surface area contributed by atoms with Gasteiger partial charge in [-0.2, -0.15) is 0 Å². The Bertz CT molecular complexity index is 397.